The molecular weight excluding hydrogens is 275 g/mol. The summed E-state index contributed by atoms with van der Waals surface area (Å²) in [5.41, 5.74) is 0.632. The van der Waals surface area contributed by atoms with E-state index in [-0.39, 0.29) is 0 Å². The smallest absolute Gasteiger partial charge is 0.0694 e. The third kappa shape index (κ3) is 8.64. The van der Waals surface area contributed by atoms with Crippen molar-refractivity contribution in [2.24, 2.45) is 11.3 Å². The van der Waals surface area contributed by atoms with Crippen LogP contribution in [0.4, 0.5) is 0 Å². The molecule has 0 spiro atoms. The first-order valence-electron chi connectivity index (χ1n) is 11.1. The van der Waals surface area contributed by atoms with Gasteiger partial charge in [0.15, 0.2) is 0 Å². The second-order valence-corrected chi connectivity index (χ2v) is 8.95. The zero-order valence-corrected chi connectivity index (χ0v) is 17.0. The zero-order valence-electron chi connectivity index (χ0n) is 17.0. The van der Waals surface area contributed by atoms with Gasteiger partial charge in [0, 0.05) is 0 Å². The highest BCUT2D eigenvalue weighted by Crippen LogP contribution is 2.46. The Labute approximate surface area is 149 Å². The molecule has 0 saturated heterocycles. The van der Waals surface area contributed by atoms with Gasteiger partial charge in [0.05, 0.1) is 0 Å². The maximum atomic E-state index is 2.67. The molecule has 1 fully saturated rings. The molecule has 1 heteroatoms. The topological polar surface area (TPSA) is 0 Å². The van der Waals surface area contributed by atoms with Crippen molar-refractivity contribution in [3.05, 3.63) is 0 Å². The van der Waals surface area contributed by atoms with E-state index in [0.29, 0.717) is 5.41 Å². The van der Waals surface area contributed by atoms with Crippen LogP contribution in [0.25, 0.3) is 0 Å². The molecule has 0 nitrogen and oxygen atoms in total. The number of rotatable bonds is 11. The van der Waals surface area contributed by atoms with Crippen LogP contribution in [0, 0.1) is 11.3 Å². The molecule has 0 radical (unpaired) electrons. The highest BCUT2D eigenvalue weighted by atomic mass is 14.4. The van der Waals surface area contributed by atoms with Crippen molar-refractivity contribution in [2.45, 2.75) is 129 Å². The summed E-state index contributed by atoms with van der Waals surface area (Å²) < 4.78 is 0. The largest absolute Gasteiger partial charge is 0.105 e. The van der Waals surface area contributed by atoms with Crippen LogP contribution in [-0.4, -0.2) is 7.85 Å². The minimum atomic E-state index is 0.632. The van der Waals surface area contributed by atoms with E-state index in [4.69, 9.17) is 0 Å². The average Bonchev–Trinajstić information content (AvgIpc) is 2.51. The highest BCUT2D eigenvalue weighted by Gasteiger charge is 2.34. The first kappa shape index (κ1) is 21.1. The van der Waals surface area contributed by atoms with Crippen LogP contribution in [0.2, 0.25) is 5.82 Å². The molecular formula is C22H45B. The molecule has 0 aromatic rings. The van der Waals surface area contributed by atoms with E-state index in [1.54, 1.807) is 0 Å². The molecule has 0 heterocycles. The van der Waals surface area contributed by atoms with Crippen LogP contribution in [-0.2, 0) is 0 Å². The highest BCUT2D eigenvalue weighted by molar-refractivity contribution is 6.11. The van der Waals surface area contributed by atoms with Gasteiger partial charge in [-0.3, -0.25) is 0 Å². The van der Waals surface area contributed by atoms with Crippen molar-refractivity contribution >= 4 is 7.85 Å². The van der Waals surface area contributed by atoms with Crippen LogP contribution < -0.4 is 0 Å². The predicted molar refractivity (Wildman–Crippen MR) is 109 cm³/mol. The van der Waals surface area contributed by atoms with Crippen molar-refractivity contribution in [3.8, 4) is 0 Å². The van der Waals surface area contributed by atoms with Crippen molar-refractivity contribution < 1.29 is 0 Å². The Morgan fingerprint density at radius 3 is 1.91 bits per heavy atom. The second kappa shape index (κ2) is 12.4. The van der Waals surface area contributed by atoms with Gasteiger partial charge in [0.1, 0.15) is 7.85 Å². The minimum absolute atomic E-state index is 0.632. The molecule has 2 unspecified atom stereocenters. The van der Waals surface area contributed by atoms with Crippen LogP contribution in [0.3, 0.4) is 0 Å². The first-order chi connectivity index (χ1) is 11.1. The quantitative estimate of drug-likeness (QED) is 0.276. The van der Waals surface area contributed by atoms with Crippen LogP contribution in [0.5, 0.6) is 0 Å². The summed E-state index contributed by atoms with van der Waals surface area (Å²) in [6.07, 6.45) is 23.5. The summed E-state index contributed by atoms with van der Waals surface area (Å²) in [4.78, 5) is 0. The standard InChI is InChI=1S/C22H45B/c1-4-6-8-13-17-22(3,18-14-9-7-5-2)20-15-11-10-12-16-21(23)19-20/h20-21H,4-19,23H2,1-3H3. The molecule has 0 aromatic carbocycles. The molecule has 0 N–H and O–H groups in total. The molecule has 0 amide bonds. The first-order valence-corrected chi connectivity index (χ1v) is 11.1. The Balaban J connectivity index is 2.61. The Morgan fingerprint density at radius 1 is 0.783 bits per heavy atom. The fourth-order valence-corrected chi connectivity index (χ4v) is 4.86. The second-order valence-electron chi connectivity index (χ2n) is 8.95. The number of hydrogen-bond donors (Lipinski definition) is 0. The van der Waals surface area contributed by atoms with E-state index in [1.807, 2.05) is 0 Å². The molecule has 1 saturated carbocycles. The monoisotopic (exact) mass is 320 g/mol. The fraction of sp³-hybridized carbons (Fsp3) is 1.00. The van der Waals surface area contributed by atoms with E-state index in [1.165, 1.54) is 103 Å². The van der Waals surface area contributed by atoms with E-state index in [9.17, 15) is 0 Å². The van der Waals surface area contributed by atoms with E-state index >= 15 is 0 Å². The van der Waals surface area contributed by atoms with Gasteiger partial charge in [-0.25, -0.2) is 0 Å². The van der Waals surface area contributed by atoms with E-state index in [2.05, 4.69) is 28.6 Å². The lowest BCUT2D eigenvalue weighted by atomic mass is 9.62. The Kier molecular flexibility index (Phi) is 11.4. The van der Waals surface area contributed by atoms with Gasteiger partial charge in [-0.2, -0.15) is 0 Å². The summed E-state index contributed by atoms with van der Waals surface area (Å²) in [6, 6.07) is 0. The van der Waals surface area contributed by atoms with Crippen LogP contribution in [0.15, 0.2) is 0 Å². The molecule has 23 heavy (non-hydrogen) atoms. The van der Waals surface area contributed by atoms with Gasteiger partial charge in [0.2, 0.25) is 0 Å². The van der Waals surface area contributed by atoms with Gasteiger partial charge >= 0.3 is 0 Å². The number of unbranched alkanes of at least 4 members (excludes halogenated alkanes) is 6. The maximum Gasteiger partial charge on any atom is 0.105 e. The molecule has 2 atom stereocenters. The van der Waals surface area contributed by atoms with Crippen molar-refractivity contribution in [3.63, 3.8) is 0 Å². The van der Waals surface area contributed by atoms with E-state index in [0.717, 1.165) is 11.7 Å². The molecule has 0 aromatic heterocycles. The molecule has 1 aliphatic carbocycles. The SMILES string of the molecule is BC1CCCCCC(C(C)(CCCCCC)CCCCCC)C1. The van der Waals surface area contributed by atoms with E-state index < -0.39 is 0 Å². The third-order valence-corrected chi connectivity index (χ3v) is 6.62. The van der Waals surface area contributed by atoms with Crippen LogP contribution >= 0.6 is 0 Å². The van der Waals surface area contributed by atoms with Gasteiger partial charge < -0.3 is 0 Å². The number of hydrogen-bond acceptors (Lipinski definition) is 0. The van der Waals surface area contributed by atoms with Gasteiger partial charge in [-0.15, -0.1) is 0 Å². The van der Waals surface area contributed by atoms with Gasteiger partial charge in [0.25, 0.3) is 0 Å². The summed E-state index contributed by atoms with van der Waals surface area (Å²) in [5.74, 6) is 1.96. The summed E-state index contributed by atoms with van der Waals surface area (Å²) in [6.45, 7) is 7.34. The Morgan fingerprint density at radius 2 is 1.35 bits per heavy atom. The van der Waals surface area contributed by atoms with Gasteiger partial charge in [-0.1, -0.05) is 110 Å². The lowest BCUT2D eigenvalue weighted by Gasteiger charge is -2.41. The average molecular weight is 320 g/mol. The fourth-order valence-electron chi connectivity index (χ4n) is 4.86. The van der Waals surface area contributed by atoms with Crippen molar-refractivity contribution in [2.75, 3.05) is 0 Å². The van der Waals surface area contributed by atoms with Crippen molar-refractivity contribution in [1.29, 1.82) is 0 Å². The summed E-state index contributed by atoms with van der Waals surface area (Å²) in [5, 5.41) is 0. The van der Waals surface area contributed by atoms with Crippen molar-refractivity contribution in [1.82, 2.24) is 0 Å². The Bertz CT molecular complexity index is 261. The van der Waals surface area contributed by atoms with Gasteiger partial charge in [-0.05, 0) is 30.6 Å². The molecule has 136 valence electrons. The minimum Gasteiger partial charge on any atom is -0.0694 e. The Hall–Kier alpha value is 0.0649. The summed E-state index contributed by atoms with van der Waals surface area (Å²) >= 11 is 0. The molecule has 1 rings (SSSR count). The normalized spacial score (nSPS) is 23.4. The lowest BCUT2D eigenvalue weighted by Crippen LogP contribution is -2.29. The third-order valence-electron chi connectivity index (χ3n) is 6.62. The van der Waals surface area contributed by atoms with Crippen LogP contribution in [0.1, 0.15) is 124 Å². The molecule has 0 bridgehead atoms. The predicted octanol–water partition coefficient (Wildman–Crippen LogP) is 7.33. The molecule has 1 aliphatic rings. The lowest BCUT2D eigenvalue weighted by molar-refractivity contribution is 0.115. The zero-order chi connectivity index (χ0) is 17.0. The summed E-state index contributed by atoms with van der Waals surface area (Å²) in [7, 11) is 2.52. The maximum absolute atomic E-state index is 2.67. The molecule has 0 aliphatic heterocycles.